The van der Waals surface area contributed by atoms with Gasteiger partial charge in [-0.25, -0.2) is 9.59 Å². The Bertz CT molecular complexity index is 1340. The monoisotopic (exact) mass is 624 g/mol. The van der Waals surface area contributed by atoms with Gasteiger partial charge in [-0.3, -0.25) is 0 Å². The lowest BCUT2D eigenvalue weighted by Crippen LogP contribution is -2.60. The molecule has 2 saturated carbocycles. The molecule has 0 N–H and O–H groups in total. The highest BCUT2D eigenvalue weighted by molar-refractivity contribution is 6.02. The van der Waals surface area contributed by atoms with Gasteiger partial charge in [0.1, 0.15) is 12.2 Å². The van der Waals surface area contributed by atoms with Gasteiger partial charge < -0.3 is 9.47 Å². The van der Waals surface area contributed by atoms with Crippen LogP contribution in [-0.4, -0.2) is 24.1 Å². The van der Waals surface area contributed by atoms with Crippen molar-refractivity contribution in [3.05, 3.63) is 70.8 Å². The lowest BCUT2D eigenvalue weighted by atomic mass is 9.57. The van der Waals surface area contributed by atoms with Crippen molar-refractivity contribution in [2.75, 3.05) is 0 Å². The van der Waals surface area contributed by atoms with Crippen LogP contribution >= 0.6 is 0 Å². The van der Waals surface area contributed by atoms with Gasteiger partial charge in [-0.15, -0.1) is 0 Å². The predicted molar refractivity (Wildman–Crippen MR) is 179 cm³/mol. The Balaban J connectivity index is 1.96. The number of rotatable bonds is 9. The number of esters is 2. The van der Waals surface area contributed by atoms with Crippen molar-refractivity contribution >= 4 is 11.9 Å². The topological polar surface area (TPSA) is 100 Å². The molecule has 0 saturated heterocycles. The Morgan fingerprint density at radius 2 is 0.978 bits per heavy atom. The van der Waals surface area contributed by atoms with Gasteiger partial charge in [0, 0.05) is 0 Å². The molecule has 0 amide bonds. The number of ether oxygens (including phenoxy) is 2. The highest BCUT2D eigenvalue weighted by Crippen LogP contribution is 2.49. The second kappa shape index (κ2) is 14.4. The molecule has 2 aromatic carbocycles. The number of carbonyl (C=O) groups excluding carboxylic acids is 2. The first-order chi connectivity index (χ1) is 21.8. The summed E-state index contributed by atoms with van der Waals surface area (Å²) in [7, 11) is 0. The molecule has 46 heavy (non-hydrogen) atoms. The van der Waals surface area contributed by atoms with Crippen LogP contribution in [0, 0.1) is 72.0 Å². The zero-order valence-electron chi connectivity index (χ0n) is 29.0. The van der Waals surface area contributed by atoms with E-state index >= 15 is 0 Å². The average molecular weight is 625 g/mol. The minimum atomic E-state index is -2.34. The maximum atomic E-state index is 15.0. The summed E-state index contributed by atoms with van der Waals surface area (Å²) in [5.41, 5.74) is -2.35. The van der Waals surface area contributed by atoms with Gasteiger partial charge in [-0.05, 0) is 86.2 Å². The van der Waals surface area contributed by atoms with E-state index in [1.54, 1.807) is 48.5 Å². The van der Waals surface area contributed by atoms with Crippen LogP contribution in [0.2, 0.25) is 0 Å². The van der Waals surface area contributed by atoms with E-state index in [4.69, 9.17) is 9.47 Å². The van der Waals surface area contributed by atoms with Crippen molar-refractivity contribution in [3.8, 4) is 12.1 Å². The van der Waals surface area contributed by atoms with E-state index in [-0.39, 0.29) is 34.8 Å². The molecule has 2 aliphatic carbocycles. The minimum Gasteiger partial charge on any atom is -0.461 e. The first-order valence-corrected chi connectivity index (χ1v) is 17.2. The van der Waals surface area contributed by atoms with Crippen LogP contribution in [0.3, 0.4) is 0 Å². The van der Waals surface area contributed by atoms with Crippen molar-refractivity contribution in [2.45, 2.75) is 117 Å². The van der Waals surface area contributed by atoms with Gasteiger partial charge in [0.25, 0.3) is 0 Å². The van der Waals surface area contributed by atoms with Crippen LogP contribution in [0.25, 0.3) is 0 Å². The van der Waals surface area contributed by atoms with Crippen molar-refractivity contribution in [2.24, 2.45) is 35.5 Å². The summed E-state index contributed by atoms with van der Waals surface area (Å²) >= 11 is 0. The maximum Gasteiger partial charge on any atom is 0.334 e. The Hall–Kier alpha value is -3.64. The standard InChI is InChI=1S/C40H52N2O4/c1-25(2)33-19-13-29(7)21-35(33)45-37(43)39(23-41,31-15-9-27(5)10-16-31)40(24-42,32-17-11-28(6)12-18-32)38(44)46-36-22-30(8)14-20-34(36)26(3)4/h9-12,15-18,25-26,29-30,33-36H,13-14,19-22H2,1-8H3/t29-,30?,33+,34+,35-,36-,39+,40-/m1/s1. The smallest absolute Gasteiger partial charge is 0.334 e. The molecule has 2 fully saturated rings. The number of nitrogens with zero attached hydrogens (tertiary/aromatic N) is 2. The lowest BCUT2D eigenvalue weighted by molar-refractivity contribution is -0.173. The van der Waals surface area contributed by atoms with E-state index in [0.29, 0.717) is 24.7 Å². The van der Waals surface area contributed by atoms with Crippen LogP contribution in [-0.2, 0) is 29.9 Å². The summed E-state index contributed by atoms with van der Waals surface area (Å²) in [4.78, 5) is 30.0. The summed E-state index contributed by atoms with van der Waals surface area (Å²) in [6.45, 7) is 16.6. The number of aryl methyl sites for hydroxylation is 2. The van der Waals surface area contributed by atoms with Gasteiger partial charge in [0.2, 0.25) is 10.8 Å². The third-order valence-electron chi connectivity index (χ3n) is 10.9. The van der Waals surface area contributed by atoms with Gasteiger partial charge in [0.15, 0.2) is 0 Å². The van der Waals surface area contributed by atoms with Crippen LogP contribution in [0.5, 0.6) is 0 Å². The Morgan fingerprint density at radius 3 is 1.26 bits per heavy atom. The van der Waals surface area contributed by atoms with Crippen molar-refractivity contribution in [1.82, 2.24) is 0 Å². The summed E-state index contributed by atoms with van der Waals surface area (Å²) in [5, 5.41) is 22.7. The maximum absolute atomic E-state index is 15.0. The van der Waals surface area contributed by atoms with E-state index in [1.807, 2.05) is 13.8 Å². The minimum absolute atomic E-state index is 0.105. The number of benzene rings is 2. The fraction of sp³-hybridized carbons (Fsp3) is 0.600. The van der Waals surface area contributed by atoms with E-state index in [0.717, 1.165) is 36.8 Å². The van der Waals surface area contributed by atoms with Crippen LogP contribution in [0.1, 0.15) is 102 Å². The van der Waals surface area contributed by atoms with Crippen LogP contribution in [0.4, 0.5) is 0 Å². The molecule has 0 bridgehead atoms. The second-order valence-electron chi connectivity index (χ2n) is 15.0. The van der Waals surface area contributed by atoms with Gasteiger partial charge in [0.05, 0.1) is 12.1 Å². The highest BCUT2D eigenvalue weighted by atomic mass is 16.6. The van der Waals surface area contributed by atoms with E-state index < -0.39 is 35.0 Å². The lowest BCUT2D eigenvalue weighted by Gasteiger charge is -2.43. The van der Waals surface area contributed by atoms with Gasteiger partial charge in [-0.2, -0.15) is 10.5 Å². The summed E-state index contributed by atoms with van der Waals surface area (Å²) < 4.78 is 12.9. The summed E-state index contributed by atoms with van der Waals surface area (Å²) in [5.74, 6) is -0.350. The summed E-state index contributed by atoms with van der Waals surface area (Å²) in [6, 6.07) is 18.4. The zero-order valence-corrected chi connectivity index (χ0v) is 29.0. The van der Waals surface area contributed by atoms with E-state index in [2.05, 4.69) is 53.7 Å². The normalized spacial score (nSPS) is 27.5. The molecule has 2 aromatic rings. The Morgan fingerprint density at radius 1 is 0.652 bits per heavy atom. The summed E-state index contributed by atoms with van der Waals surface area (Å²) in [6.07, 6.45) is 4.32. The molecule has 2 aliphatic rings. The molecule has 0 radical (unpaired) electrons. The third-order valence-corrected chi connectivity index (χ3v) is 10.9. The quantitative estimate of drug-likeness (QED) is 0.259. The Kier molecular flexibility index (Phi) is 11.0. The third kappa shape index (κ3) is 6.60. The highest BCUT2D eigenvalue weighted by Gasteiger charge is 2.68. The molecular weight excluding hydrogens is 572 g/mol. The molecule has 0 spiro atoms. The average Bonchev–Trinajstić information content (AvgIpc) is 3.00. The largest absolute Gasteiger partial charge is 0.461 e. The second-order valence-corrected chi connectivity index (χ2v) is 15.0. The van der Waals surface area contributed by atoms with Crippen LogP contribution in [0.15, 0.2) is 48.5 Å². The van der Waals surface area contributed by atoms with Crippen molar-refractivity contribution in [1.29, 1.82) is 10.5 Å². The fourth-order valence-corrected chi connectivity index (χ4v) is 7.92. The van der Waals surface area contributed by atoms with Gasteiger partial charge in [-0.1, -0.05) is 114 Å². The van der Waals surface area contributed by atoms with E-state index in [1.165, 1.54) is 0 Å². The molecule has 6 heteroatoms. The molecule has 0 heterocycles. The van der Waals surface area contributed by atoms with Crippen molar-refractivity contribution in [3.63, 3.8) is 0 Å². The molecule has 4 rings (SSSR count). The number of carbonyl (C=O) groups is 2. The molecule has 1 unspecified atom stereocenters. The fourth-order valence-electron chi connectivity index (χ4n) is 7.92. The van der Waals surface area contributed by atoms with Gasteiger partial charge >= 0.3 is 11.9 Å². The van der Waals surface area contributed by atoms with Crippen LogP contribution < -0.4 is 0 Å². The molecule has 8 atom stereocenters. The number of hydrogen-bond acceptors (Lipinski definition) is 6. The number of nitriles is 2. The first kappa shape index (κ1) is 35.2. The SMILES string of the molecule is Cc1ccc([C@](C#N)(C(=O)O[C@@H]2CC(C)CC[C@H]2C(C)C)[C@](C#N)(C(=O)O[C@@H]2C[C@H](C)CC[C@H]2C(C)C)c2ccc(C)cc2)cc1. The molecule has 6 nitrogen and oxygen atoms in total. The zero-order chi connectivity index (χ0) is 33.8. The molecule has 246 valence electrons. The molecule has 0 aliphatic heterocycles. The number of hydrogen-bond donors (Lipinski definition) is 0. The predicted octanol–water partition coefficient (Wildman–Crippen LogP) is 8.53. The Labute approximate surface area is 276 Å². The molecular formula is C40H52N2O4. The molecule has 0 aromatic heterocycles. The van der Waals surface area contributed by atoms with Crippen molar-refractivity contribution < 1.29 is 19.1 Å². The first-order valence-electron chi connectivity index (χ1n) is 17.2. The van der Waals surface area contributed by atoms with E-state index in [9.17, 15) is 20.1 Å².